The molecule has 6 nitrogen and oxygen atoms in total. The Hall–Kier alpha value is -3.15. The molecule has 0 bridgehead atoms. The first-order valence-electron chi connectivity index (χ1n) is 9.32. The summed E-state index contributed by atoms with van der Waals surface area (Å²) in [6, 6.07) is 14.6. The molecule has 3 aromatic rings. The van der Waals surface area contributed by atoms with E-state index < -0.39 is 5.97 Å². The molecular weight excluding hydrogens is 354 g/mol. The van der Waals surface area contributed by atoms with Crippen LogP contribution in [0, 0.1) is 0 Å². The highest BCUT2D eigenvalue weighted by molar-refractivity contribution is 5.95. The van der Waals surface area contributed by atoms with Gasteiger partial charge < -0.3 is 5.11 Å². The molecule has 0 amide bonds. The third-order valence-electron chi connectivity index (χ3n) is 4.66. The van der Waals surface area contributed by atoms with Crippen molar-refractivity contribution in [3.63, 3.8) is 0 Å². The van der Waals surface area contributed by atoms with Gasteiger partial charge in [0.15, 0.2) is 0 Å². The number of rotatable bonds is 5. The Kier molecular flexibility index (Phi) is 5.23. The van der Waals surface area contributed by atoms with Gasteiger partial charge in [0.1, 0.15) is 5.82 Å². The monoisotopic (exact) mass is 379 g/mol. The highest BCUT2D eigenvalue weighted by atomic mass is 16.4. The van der Waals surface area contributed by atoms with Crippen LogP contribution < -0.4 is 5.69 Å². The minimum absolute atomic E-state index is 0.118. The number of benzene rings is 2. The van der Waals surface area contributed by atoms with Gasteiger partial charge in [-0.15, -0.1) is 0 Å². The van der Waals surface area contributed by atoms with E-state index in [0.717, 1.165) is 17.0 Å². The lowest BCUT2D eigenvalue weighted by Gasteiger charge is -2.18. The second-order valence-corrected chi connectivity index (χ2v) is 7.81. The van der Waals surface area contributed by atoms with Crippen LogP contribution >= 0.6 is 0 Å². The molecule has 1 aromatic heterocycles. The Bertz CT molecular complexity index is 1050. The van der Waals surface area contributed by atoms with E-state index in [1.54, 1.807) is 22.8 Å². The van der Waals surface area contributed by atoms with Crippen LogP contribution in [0.4, 0.5) is 0 Å². The Balaban J connectivity index is 1.96. The normalized spacial score (nSPS) is 11.6. The van der Waals surface area contributed by atoms with E-state index in [9.17, 15) is 14.7 Å². The van der Waals surface area contributed by atoms with Gasteiger partial charge in [-0.1, -0.05) is 63.2 Å². The van der Waals surface area contributed by atoms with E-state index in [1.165, 1.54) is 4.68 Å². The number of hydrogen-bond donors (Lipinski definition) is 1. The smallest absolute Gasteiger partial charge is 0.346 e. The molecule has 1 heterocycles. The zero-order chi connectivity index (χ0) is 20.5. The fraction of sp³-hybridized carbons (Fsp3) is 0.318. The molecule has 0 radical (unpaired) electrons. The zero-order valence-electron chi connectivity index (χ0n) is 16.6. The lowest BCUT2D eigenvalue weighted by Crippen LogP contribution is -2.28. The fourth-order valence-electron chi connectivity index (χ4n) is 3.24. The summed E-state index contributed by atoms with van der Waals surface area (Å²) in [6.07, 6.45) is 0. The quantitative estimate of drug-likeness (QED) is 0.732. The van der Waals surface area contributed by atoms with Crippen LogP contribution in [-0.2, 0) is 18.5 Å². The average Bonchev–Trinajstić information content (AvgIpc) is 2.98. The average molecular weight is 379 g/mol. The highest BCUT2D eigenvalue weighted by Gasteiger charge is 2.24. The van der Waals surface area contributed by atoms with Crippen molar-refractivity contribution in [2.24, 2.45) is 0 Å². The van der Waals surface area contributed by atoms with Crippen molar-refractivity contribution in [1.82, 2.24) is 14.3 Å². The predicted molar refractivity (Wildman–Crippen MR) is 109 cm³/mol. The molecule has 0 aliphatic heterocycles. The van der Waals surface area contributed by atoms with Crippen molar-refractivity contribution < 1.29 is 9.90 Å². The molecule has 0 unspecified atom stereocenters. The number of aromatic carboxylic acids is 1. The lowest BCUT2D eigenvalue weighted by molar-refractivity contribution is 0.0697. The largest absolute Gasteiger partial charge is 0.478 e. The van der Waals surface area contributed by atoms with Crippen LogP contribution in [0.15, 0.2) is 53.3 Å². The Labute approximate surface area is 164 Å². The first kappa shape index (κ1) is 19.6. The zero-order valence-corrected chi connectivity index (χ0v) is 16.6. The van der Waals surface area contributed by atoms with E-state index >= 15 is 0 Å². The predicted octanol–water partition coefficient (Wildman–Crippen LogP) is 3.78. The summed E-state index contributed by atoms with van der Waals surface area (Å²) in [4.78, 5) is 24.1. The van der Waals surface area contributed by atoms with Gasteiger partial charge in [0.25, 0.3) is 0 Å². The van der Waals surface area contributed by atoms with Gasteiger partial charge >= 0.3 is 11.7 Å². The number of aromatic nitrogens is 3. The highest BCUT2D eigenvalue weighted by Crippen LogP contribution is 2.25. The molecule has 0 saturated heterocycles. The van der Waals surface area contributed by atoms with Gasteiger partial charge in [0.05, 0.1) is 12.1 Å². The Morgan fingerprint density at radius 2 is 1.71 bits per heavy atom. The van der Waals surface area contributed by atoms with Crippen molar-refractivity contribution in [3.8, 4) is 11.1 Å². The molecule has 0 atom stereocenters. The summed E-state index contributed by atoms with van der Waals surface area (Å²) in [5.74, 6) is -0.201. The van der Waals surface area contributed by atoms with E-state index in [2.05, 4.69) is 5.10 Å². The van der Waals surface area contributed by atoms with Crippen LogP contribution in [0.3, 0.4) is 0 Å². The first-order chi connectivity index (χ1) is 13.2. The number of hydrogen-bond acceptors (Lipinski definition) is 3. The van der Waals surface area contributed by atoms with Crippen LogP contribution in [-0.4, -0.2) is 25.4 Å². The number of carboxylic acids is 1. The van der Waals surface area contributed by atoms with Gasteiger partial charge in [-0.05, 0) is 29.7 Å². The van der Waals surface area contributed by atoms with Gasteiger partial charge in [-0.3, -0.25) is 4.57 Å². The summed E-state index contributed by atoms with van der Waals surface area (Å²) in [7, 11) is 0. The third-order valence-corrected chi connectivity index (χ3v) is 4.66. The molecule has 0 fully saturated rings. The topological polar surface area (TPSA) is 77.1 Å². The number of carboxylic acid groups (broad SMARTS) is 1. The Morgan fingerprint density at radius 3 is 2.29 bits per heavy atom. The van der Waals surface area contributed by atoms with Crippen molar-refractivity contribution in [2.45, 2.75) is 46.2 Å². The van der Waals surface area contributed by atoms with Gasteiger partial charge in [-0.2, -0.15) is 5.10 Å². The molecule has 0 aliphatic carbocycles. The molecular formula is C22H25N3O3. The second kappa shape index (κ2) is 7.46. The maximum Gasteiger partial charge on any atom is 0.346 e. The fourth-order valence-corrected chi connectivity index (χ4v) is 3.24. The maximum atomic E-state index is 12.7. The second-order valence-electron chi connectivity index (χ2n) is 7.81. The SMILES string of the molecule is CCn1nc(C(C)(C)C)n(Cc2ccc(-c3ccccc3C(=O)O)cc2)c1=O. The van der Waals surface area contributed by atoms with Crippen LogP contribution in [0.1, 0.15) is 49.4 Å². The van der Waals surface area contributed by atoms with Gasteiger partial charge in [0, 0.05) is 12.0 Å². The minimum atomic E-state index is -0.951. The van der Waals surface area contributed by atoms with E-state index in [0.29, 0.717) is 18.7 Å². The van der Waals surface area contributed by atoms with E-state index in [4.69, 9.17) is 0 Å². The lowest BCUT2D eigenvalue weighted by atomic mass is 9.95. The van der Waals surface area contributed by atoms with Crippen LogP contribution in [0.2, 0.25) is 0 Å². The van der Waals surface area contributed by atoms with Crippen molar-refractivity contribution in [3.05, 3.63) is 76.0 Å². The van der Waals surface area contributed by atoms with E-state index in [1.807, 2.05) is 58.0 Å². The minimum Gasteiger partial charge on any atom is -0.478 e. The molecule has 0 aliphatic rings. The van der Waals surface area contributed by atoms with E-state index in [-0.39, 0.29) is 16.7 Å². The van der Waals surface area contributed by atoms with Gasteiger partial charge in [-0.25, -0.2) is 14.3 Å². The summed E-state index contributed by atoms with van der Waals surface area (Å²) >= 11 is 0. The third kappa shape index (κ3) is 3.76. The summed E-state index contributed by atoms with van der Waals surface area (Å²) < 4.78 is 3.20. The van der Waals surface area contributed by atoms with Crippen molar-refractivity contribution >= 4 is 5.97 Å². The molecule has 2 aromatic carbocycles. The van der Waals surface area contributed by atoms with Crippen LogP contribution in [0.5, 0.6) is 0 Å². The maximum absolute atomic E-state index is 12.7. The molecule has 0 spiro atoms. The number of aryl methyl sites for hydroxylation is 1. The molecule has 3 rings (SSSR count). The summed E-state index contributed by atoms with van der Waals surface area (Å²) in [5.41, 5.74) is 2.36. The molecule has 0 saturated carbocycles. The molecule has 146 valence electrons. The van der Waals surface area contributed by atoms with Crippen molar-refractivity contribution in [2.75, 3.05) is 0 Å². The molecule has 1 N–H and O–H groups in total. The first-order valence-corrected chi connectivity index (χ1v) is 9.32. The number of carbonyl (C=O) groups is 1. The summed E-state index contributed by atoms with van der Waals surface area (Å²) in [5, 5.41) is 13.9. The summed E-state index contributed by atoms with van der Waals surface area (Å²) in [6.45, 7) is 8.97. The molecule has 28 heavy (non-hydrogen) atoms. The van der Waals surface area contributed by atoms with Crippen LogP contribution in [0.25, 0.3) is 11.1 Å². The molecule has 6 heteroatoms. The Morgan fingerprint density at radius 1 is 1.07 bits per heavy atom. The van der Waals surface area contributed by atoms with Crippen molar-refractivity contribution in [1.29, 1.82) is 0 Å². The number of nitrogens with zero attached hydrogens (tertiary/aromatic N) is 3. The van der Waals surface area contributed by atoms with Gasteiger partial charge in [0.2, 0.25) is 0 Å². The standard InChI is InChI=1S/C22H25N3O3/c1-5-25-21(28)24(20(23-25)22(2,3)4)14-15-10-12-16(13-11-15)17-8-6-7-9-18(17)19(26)27/h6-13H,5,14H2,1-4H3,(H,26,27).